The lowest BCUT2D eigenvalue weighted by atomic mass is 10.1. The lowest BCUT2D eigenvalue weighted by Gasteiger charge is -2.34. The number of piperidine rings is 1. The SMILES string of the molecule is CCN(Cc1cccc(OC)c1)C(=O)N[C@@H]1CCCN(Cc2cccnc2)C1. The fourth-order valence-electron chi connectivity index (χ4n) is 3.65. The van der Waals surface area contributed by atoms with Crippen molar-refractivity contribution in [1.29, 1.82) is 0 Å². The van der Waals surface area contributed by atoms with Crippen molar-refractivity contribution in [3.05, 3.63) is 59.9 Å². The van der Waals surface area contributed by atoms with Gasteiger partial charge < -0.3 is 15.0 Å². The normalized spacial score (nSPS) is 17.1. The largest absolute Gasteiger partial charge is 0.497 e. The van der Waals surface area contributed by atoms with E-state index in [1.54, 1.807) is 13.3 Å². The fourth-order valence-corrected chi connectivity index (χ4v) is 3.65. The summed E-state index contributed by atoms with van der Waals surface area (Å²) in [5.74, 6) is 0.812. The highest BCUT2D eigenvalue weighted by atomic mass is 16.5. The summed E-state index contributed by atoms with van der Waals surface area (Å²) in [6.07, 6.45) is 5.82. The third kappa shape index (κ3) is 5.70. The number of nitrogens with zero attached hydrogens (tertiary/aromatic N) is 3. The Bertz CT molecular complexity index is 753. The Kier molecular flexibility index (Phi) is 7.25. The van der Waals surface area contributed by atoms with Gasteiger partial charge in [0, 0.05) is 44.6 Å². The Morgan fingerprint density at radius 1 is 1.32 bits per heavy atom. The van der Waals surface area contributed by atoms with Gasteiger partial charge in [-0.15, -0.1) is 0 Å². The summed E-state index contributed by atoms with van der Waals surface area (Å²) in [6, 6.07) is 12.1. The van der Waals surface area contributed by atoms with Crippen LogP contribution in [0.25, 0.3) is 0 Å². The monoisotopic (exact) mass is 382 g/mol. The van der Waals surface area contributed by atoms with E-state index in [-0.39, 0.29) is 12.1 Å². The van der Waals surface area contributed by atoms with Crippen LogP contribution in [0.1, 0.15) is 30.9 Å². The number of hydrogen-bond acceptors (Lipinski definition) is 4. The maximum absolute atomic E-state index is 12.8. The molecule has 0 bridgehead atoms. The number of amides is 2. The van der Waals surface area contributed by atoms with Crippen molar-refractivity contribution in [1.82, 2.24) is 20.1 Å². The summed E-state index contributed by atoms with van der Waals surface area (Å²) in [4.78, 5) is 21.2. The quantitative estimate of drug-likeness (QED) is 0.798. The molecule has 6 heteroatoms. The maximum atomic E-state index is 12.8. The van der Waals surface area contributed by atoms with Gasteiger partial charge in [0.2, 0.25) is 0 Å². The van der Waals surface area contributed by atoms with E-state index < -0.39 is 0 Å². The minimum Gasteiger partial charge on any atom is -0.497 e. The van der Waals surface area contributed by atoms with E-state index >= 15 is 0 Å². The average molecular weight is 383 g/mol. The number of ether oxygens (including phenoxy) is 1. The van der Waals surface area contributed by atoms with E-state index in [9.17, 15) is 4.79 Å². The van der Waals surface area contributed by atoms with E-state index in [0.717, 1.165) is 43.8 Å². The number of methoxy groups -OCH3 is 1. The predicted molar refractivity (Wildman–Crippen MR) is 110 cm³/mol. The zero-order chi connectivity index (χ0) is 19.8. The number of hydrogen-bond donors (Lipinski definition) is 1. The molecule has 28 heavy (non-hydrogen) atoms. The summed E-state index contributed by atoms with van der Waals surface area (Å²) >= 11 is 0. The van der Waals surface area contributed by atoms with Crippen molar-refractivity contribution in [3.8, 4) is 5.75 Å². The van der Waals surface area contributed by atoms with Crippen molar-refractivity contribution < 1.29 is 9.53 Å². The number of benzene rings is 1. The first-order valence-corrected chi connectivity index (χ1v) is 9.97. The zero-order valence-corrected chi connectivity index (χ0v) is 16.8. The van der Waals surface area contributed by atoms with Crippen molar-refractivity contribution in [2.75, 3.05) is 26.7 Å². The fraction of sp³-hybridized carbons (Fsp3) is 0.455. The van der Waals surface area contributed by atoms with E-state index in [2.05, 4.69) is 21.3 Å². The standard InChI is InChI=1S/C22H30N4O2/c1-3-26(16-18-7-4-10-21(13-18)28-2)22(27)24-20-9-6-12-25(17-20)15-19-8-5-11-23-14-19/h4-5,7-8,10-11,13-14,20H,3,6,9,12,15-17H2,1-2H3,(H,24,27)/t20-/m1/s1. The molecule has 1 N–H and O–H groups in total. The van der Waals surface area contributed by atoms with Crippen LogP contribution in [-0.2, 0) is 13.1 Å². The van der Waals surface area contributed by atoms with E-state index in [1.807, 2.05) is 48.4 Å². The highest BCUT2D eigenvalue weighted by Crippen LogP contribution is 2.16. The van der Waals surface area contributed by atoms with Crippen molar-refractivity contribution in [2.24, 2.45) is 0 Å². The highest BCUT2D eigenvalue weighted by Gasteiger charge is 2.23. The summed E-state index contributed by atoms with van der Waals surface area (Å²) < 4.78 is 5.28. The molecule has 0 spiro atoms. The number of pyridine rings is 1. The highest BCUT2D eigenvalue weighted by molar-refractivity contribution is 5.74. The van der Waals surface area contributed by atoms with Crippen LogP contribution in [0.2, 0.25) is 0 Å². The Morgan fingerprint density at radius 2 is 2.18 bits per heavy atom. The van der Waals surface area contributed by atoms with Gasteiger partial charge in [0.1, 0.15) is 5.75 Å². The number of likely N-dealkylation sites (tertiary alicyclic amines) is 1. The van der Waals surface area contributed by atoms with Crippen LogP contribution in [0.15, 0.2) is 48.8 Å². The molecule has 0 saturated carbocycles. The van der Waals surface area contributed by atoms with Gasteiger partial charge >= 0.3 is 6.03 Å². The van der Waals surface area contributed by atoms with Gasteiger partial charge in [0.05, 0.1) is 7.11 Å². The first kappa shape index (κ1) is 20.1. The van der Waals surface area contributed by atoms with Gasteiger partial charge in [-0.05, 0) is 55.6 Å². The zero-order valence-electron chi connectivity index (χ0n) is 16.8. The maximum Gasteiger partial charge on any atom is 0.317 e. The summed E-state index contributed by atoms with van der Waals surface area (Å²) in [6.45, 7) is 6.05. The van der Waals surface area contributed by atoms with Crippen LogP contribution in [0, 0.1) is 0 Å². The third-order valence-corrected chi connectivity index (χ3v) is 5.14. The Hall–Kier alpha value is -2.60. The number of carbonyl (C=O) groups is 1. The summed E-state index contributed by atoms with van der Waals surface area (Å²) in [7, 11) is 1.66. The van der Waals surface area contributed by atoms with Gasteiger partial charge in [-0.3, -0.25) is 9.88 Å². The summed E-state index contributed by atoms with van der Waals surface area (Å²) in [5, 5.41) is 3.23. The molecule has 1 aliphatic heterocycles. The molecule has 2 heterocycles. The van der Waals surface area contributed by atoms with E-state index in [1.165, 1.54) is 5.56 Å². The number of carbonyl (C=O) groups excluding carboxylic acids is 1. The molecule has 150 valence electrons. The minimum absolute atomic E-state index is 0.00134. The number of aromatic nitrogens is 1. The Balaban J connectivity index is 1.54. The molecule has 0 unspecified atom stereocenters. The van der Waals surface area contributed by atoms with Crippen LogP contribution >= 0.6 is 0 Å². The third-order valence-electron chi connectivity index (χ3n) is 5.14. The second-order valence-electron chi connectivity index (χ2n) is 7.25. The molecule has 6 nitrogen and oxygen atoms in total. The molecule has 1 aliphatic rings. The number of nitrogens with one attached hydrogen (secondary N) is 1. The van der Waals surface area contributed by atoms with Crippen LogP contribution in [0.5, 0.6) is 5.75 Å². The van der Waals surface area contributed by atoms with Gasteiger partial charge in [-0.2, -0.15) is 0 Å². The Labute approximate surface area is 167 Å². The van der Waals surface area contributed by atoms with Crippen LogP contribution in [0.4, 0.5) is 4.79 Å². The molecule has 1 aromatic carbocycles. The number of rotatable bonds is 7. The van der Waals surface area contributed by atoms with Crippen LogP contribution < -0.4 is 10.1 Å². The van der Waals surface area contributed by atoms with E-state index in [4.69, 9.17) is 4.74 Å². The van der Waals surface area contributed by atoms with Crippen molar-refractivity contribution in [3.63, 3.8) is 0 Å². The molecule has 1 atom stereocenters. The predicted octanol–water partition coefficient (Wildman–Crippen LogP) is 3.29. The van der Waals surface area contributed by atoms with Gasteiger partial charge in [-0.25, -0.2) is 4.79 Å². The molecule has 2 amide bonds. The Morgan fingerprint density at radius 3 is 2.93 bits per heavy atom. The topological polar surface area (TPSA) is 57.7 Å². The lowest BCUT2D eigenvalue weighted by molar-refractivity contribution is 0.163. The molecule has 1 fully saturated rings. The molecule has 3 rings (SSSR count). The molecule has 2 aromatic rings. The second-order valence-corrected chi connectivity index (χ2v) is 7.25. The molecule has 1 saturated heterocycles. The molecule has 1 aromatic heterocycles. The van der Waals surface area contributed by atoms with Gasteiger partial charge in [0.15, 0.2) is 0 Å². The molecular weight excluding hydrogens is 352 g/mol. The van der Waals surface area contributed by atoms with Crippen LogP contribution in [-0.4, -0.2) is 53.6 Å². The molecule has 0 aliphatic carbocycles. The van der Waals surface area contributed by atoms with E-state index in [0.29, 0.717) is 13.1 Å². The molecule has 0 radical (unpaired) electrons. The first-order chi connectivity index (χ1) is 13.7. The van der Waals surface area contributed by atoms with Crippen molar-refractivity contribution in [2.45, 2.75) is 38.9 Å². The minimum atomic E-state index is -0.00134. The van der Waals surface area contributed by atoms with Gasteiger partial charge in [-0.1, -0.05) is 18.2 Å². The second kappa shape index (κ2) is 10.1. The lowest BCUT2D eigenvalue weighted by Crippen LogP contribution is -2.51. The average Bonchev–Trinajstić information content (AvgIpc) is 2.73. The van der Waals surface area contributed by atoms with Gasteiger partial charge in [0.25, 0.3) is 0 Å². The first-order valence-electron chi connectivity index (χ1n) is 9.97. The summed E-state index contributed by atoms with van der Waals surface area (Å²) in [5.41, 5.74) is 2.28. The molecular formula is C22H30N4O2. The van der Waals surface area contributed by atoms with Crippen molar-refractivity contribution >= 4 is 6.03 Å². The smallest absolute Gasteiger partial charge is 0.317 e. The number of urea groups is 1. The van der Waals surface area contributed by atoms with Crippen LogP contribution in [0.3, 0.4) is 0 Å².